The second kappa shape index (κ2) is 22.1. The molecule has 0 aliphatic rings. The standard InChI is InChI=1S/C16H16O2.C15H14O2.C9H10O2.2CO2/c1-11-3-6-13(7-4-11)9-14-8-5-12(2)15(10-14)16(17)18;1-10-3-6-12(7-4-10)13-8-5-11(2)9-14(13)15(16)17;1-6-3-7(2)5-8(4-6)9(10)11;2*2-1-3/h3-8,10H,9H2,1-2H3,(H,17,18);3-9H,1-2H3,(H,16,17);3-5H,1-2H3,(H,10,11);;. The van der Waals surface area contributed by atoms with Gasteiger partial charge in [-0.1, -0.05) is 107 Å². The van der Waals surface area contributed by atoms with Gasteiger partial charge in [0.1, 0.15) is 0 Å². The van der Waals surface area contributed by atoms with E-state index < -0.39 is 17.9 Å². The molecule has 0 heterocycles. The van der Waals surface area contributed by atoms with Gasteiger partial charge in [0.2, 0.25) is 0 Å². The fraction of sp³-hybridized carbons (Fsp3) is 0.167. The van der Waals surface area contributed by atoms with E-state index in [-0.39, 0.29) is 12.3 Å². The van der Waals surface area contributed by atoms with Crippen molar-refractivity contribution in [1.82, 2.24) is 0 Å². The molecule has 5 aromatic rings. The first-order valence-corrected chi connectivity index (χ1v) is 15.7. The van der Waals surface area contributed by atoms with Crippen molar-refractivity contribution in [2.45, 2.75) is 48.0 Å². The Hall–Kier alpha value is -6.73. The summed E-state index contributed by atoms with van der Waals surface area (Å²) in [5, 5.41) is 26.9. The molecule has 0 amide bonds. The molecule has 0 unspecified atom stereocenters. The van der Waals surface area contributed by atoms with Crippen LogP contribution in [-0.2, 0) is 25.6 Å². The zero-order chi connectivity index (χ0) is 39.4. The summed E-state index contributed by atoms with van der Waals surface area (Å²) < 4.78 is 0. The molecule has 0 saturated heterocycles. The number of carboxylic acid groups (broad SMARTS) is 3. The maximum atomic E-state index is 11.2. The SMILES string of the molecule is Cc1cc(C)cc(C(=O)O)c1.Cc1ccc(-c2ccc(C)cc2C(=O)O)cc1.Cc1ccc(Cc2ccc(C)c(C(=O)O)c2)cc1.O=C=O.O=C=O. The molecule has 0 atom stereocenters. The minimum Gasteiger partial charge on any atom is -0.478 e. The van der Waals surface area contributed by atoms with Crippen molar-refractivity contribution in [1.29, 1.82) is 0 Å². The number of hydrogen-bond acceptors (Lipinski definition) is 7. The number of aryl methyl sites for hydroxylation is 6. The van der Waals surface area contributed by atoms with Gasteiger partial charge in [-0.15, -0.1) is 0 Å². The number of carbonyl (C=O) groups is 3. The zero-order valence-corrected chi connectivity index (χ0v) is 29.7. The normalized spacial score (nSPS) is 9.27. The first-order chi connectivity index (χ1) is 24.6. The Bertz CT molecular complexity index is 2000. The number of aromatic carboxylic acids is 3. The van der Waals surface area contributed by atoms with E-state index in [2.05, 4.69) is 31.2 Å². The highest BCUT2D eigenvalue weighted by molar-refractivity contribution is 5.96. The first kappa shape index (κ1) is 43.3. The van der Waals surface area contributed by atoms with E-state index in [0.717, 1.165) is 50.9 Å². The predicted molar refractivity (Wildman–Crippen MR) is 193 cm³/mol. The summed E-state index contributed by atoms with van der Waals surface area (Å²) in [6, 6.07) is 32.6. The molecule has 0 fully saturated rings. The van der Waals surface area contributed by atoms with Crippen molar-refractivity contribution in [3.8, 4) is 11.1 Å². The van der Waals surface area contributed by atoms with Crippen LogP contribution in [0.3, 0.4) is 0 Å². The Labute approximate surface area is 302 Å². The summed E-state index contributed by atoms with van der Waals surface area (Å²) in [6.45, 7) is 11.6. The Kier molecular flexibility index (Phi) is 18.4. The zero-order valence-electron chi connectivity index (χ0n) is 29.7. The fourth-order valence-electron chi connectivity index (χ4n) is 4.87. The molecule has 0 aromatic heterocycles. The molecule has 52 heavy (non-hydrogen) atoms. The second-order valence-corrected chi connectivity index (χ2v) is 11.7. The summed E-state index contributed by atoms with van der Waals surface area (Å²) in [5.74, 6) is -2.61. The minimum absolute atomic E-state index is 0.250. The van der Waals surface area contributed by atoms with Crippen LogP contribution in [0.5, 0.6) is 0 Å². The van der Waals surface area contributed by atoms with Crippen molar-refractivity contribution >= 4 is 30.2 Å². The summed E-state index contributed by atoms with van der Waals surface area (Å²) >= 11 is 0. The molecule has 0 aliphatic heterocycles. The van der Waals surface area contributed by atoms with Crippen LogP contribution >= 0.6 is 0 Å². The smallest absolute Gasteiger partial charge is 0.373 e. The lowest BCUT2D eigenvalue weighted by atomic mass is 9.97. The highest BCUT2D eigenvalue weighted by atomic mass is 16.4. The van der Waals surface area contributed by atoms with Crippen LogP contribution in [0.2, 0.25) is 0 Å². The number of carboxylic acids is 3. The lowest BCUT2D eigenvalue weighted by Crippen LogP contribution is -2.01. The third-order valence-electron chi connectivity index (χ3n) is 7.30. The third-order valence-corrected chi connectivity index (χ3v) is 7.30. The van der Waals surface area contributed by atoms with E-state index in [1.54, 1.807) is 24.3 Å². The van der Waals surface area contributed by atoms with Crippen molar-refractivity contribution in [3.05, 3.63) is 164 Å². The van der Waals surface area contributed by atoms with Gasteiger partial charge in [-0.3, -0.25) is 0 Å². The molecule has 10 nitrogen and oxygen atoms in total. The summed E-state index contributed by atoms with van der Waals surface area (Å²) in [5.41, 5.74) is 11.2. The van der Waals surface area contributed by atoms with Crippen molar-refractivity contribution in [2.75, 3.05) is 0 Å². The van der Waals surface area contributed by atoms with Crippen molar-refractivity contribution in [3.63, 3.8) is 0 Å². The van der Waals surface area contributed by atoms with Gasteiger partial charge in [-0.05, 0) is 100 Å². The Morgan fingerprint density at radius 3 is 1.37 bits per heavy atom. The molecule has 0 saturated carbocycles. The van der Waals surface area contributed by atoms with Gasteiger partial charge < -0.3 is 15.3 Å². The summed E-state index contributed by atoms with van der Waals surface area (Å²) in [4.78, 5) is 65.3. The Morgan fingerprint density at radius 2 is 0.904 bits per heavy atom. The second-order valence-electron chi connectivity index (χ2n) is 11.7. The van der Waals surface area contributed by atoms with Gasteiger partial charge in [0.15, 0.2) is 0 Å². The largest absolute Gasteiger partial charge is 0.478 e. The number of carbonyl (C=O) groups excluding carboxylic acids is 4. The quantitative estimate of drug-likeness (QED) is 0.156. The van der Waals surface area contributed by atoms with Crippen LogP contribution in [0, 0.1) is 41.5 Å². The van der Waals surface area contributed by atoms with Gasteiger partial charge in [0, 0.05) is 0 Å². The minimum atomic E-state index is -0.885. The lowest BCUT2D eigenvalue weighted by Gasteiger charge is -2.07. The van der Waals surface area contributed by atoms with Gasteiger partial charge in [-0.25, -0.2) is 14.4 Å². The number of hydrogen-bond donors (Lipinski definition) is 3. The topological polar surface area (TPSA) is 180 Å². The number of rotatable bonds is 6. The van der Waals surface area contributed by atoms with E-state index >= 15 is 0 Å². The van der Waals surface area contributed by atoms with Gasteiger partial charge >= 0.3 is 30.2 Å². The Balaban J connectivity index is 0.000000370. The monoisotopic (exact) mass is 704 g/mol. The molecule has 5 rings (SSSR count). The van der Waals surface area contributed by atoms with Crippen molar-refractivity contribution < 1.29 is 48.9 Å². The van der Waals surface area contributed by atoms with Gasteiger partial charge in [0.25, 0.3) is 0 Å². The molecule has 0 bridgehead atoms. The molecular formula is C42H40O10. The molecule has 3 N–H and O–H groups in total. The maximum Gasteiger partial charge on any atom is 0.373 e. The maximum absolute atomic E-state index is 11.2. The fourth-order valence-corrected chi connectivity index (χ4v) is 4.87. The summed E-state index contributed by atoms with van der Waals surface area (Å²) in [6.07, 6.45) is 1.26. The van der Waals surface area contributed by atoms with Gasteiger partial charge in [0.05, 0.1) is 16.7 Å². The van der Waals surface area contributed by atoms with Crippen LogP contribution in [0.15, 0.2) is 103 Å². The molecule has 5 aromatic carbocycles. The van der Waals surface area contributed by atoms with E-state index in [4.69, 9.17) is 29.4 Å². The molecule has 0 spiro atoms. The summed E-state index contributed by atoms with van der Waals surface area (Å²) in [7, 11) is 0. The third kappa shape index (κ3) is 15.2. The average Bonchev–Trinajstić information content (AvgIpc) is 3.08. The molecule has 0 radical (unpaired) electrons. The molecule has 0 aliphatic carbocycles. The van der Waals surface area contributed by atoms with E-state index in [0.29, 0.717) is 16.7 Å². The first-order valence-electron chi connectivity index (χ1n) is 15.7. The van der Waals surface area contributed by atoms with Gasteiger partial charge in [-0.2, -0.15) is 19.2 Å². The van der Waals surface area contributed by atoms with E-state index in [1.165, 1.54) is 11.1 Å². The van der Waals surface area contributed by atoms with Crippen LogP contribution in [0.1, 0.15) is 75.6 Å². The lowest BCUT2D eigenvalue weighted by molar-refractivity contribution is -0.193. The highest BCUT2D eigenvalue weighted by Gasteiger charge is 2.12. The van der Waals surface area contributed by atoms with E-state index in [1.807, 2.05) is 89.2 Å². The van der Waals surface area contributed by atoms with Crippen molar-refractivity contribution in [2.24, 2.45) is 0 Å². The van der Waals surface area contributed by atoms with Crippen LogP contribution in [0.25, 0.3) is 11.1 Å². The van der Waals surface area contributed by atoms with E-state index in [9.17, 15) is 19.5 Å². The highest BCUT2D eigenvalue weighted by Crippen LogP contribution is 2.25. The number of benzene rings is 5. The molecular weight excluding hydrogens is 664 g/mol. The predicted octanol–water partition coefficient (Wildman–Crippen LogP) is 8.10. The van der Waals surface area contributed by atoms with Crippen LogP contribution in [-0.4, -0.2) is 45.5 Å². The molecule has 268 valence electrons. The Morgan fingerprint density at radius 1 is 0.462 bits per heavy atom. The molecule has 10 heteroatoms. The van der Waals surface area contributed by atoms with Crippen LogP contribution in [0.4, 0.5) is 0 Å². The van der Waals surface area contributed by atoms with Crippen LogP contribution < -0.4 is 0 Å². The average molecular weight is 705 g/mol.